The Kier molecular flexibility index (Phi) is 10.2. The van der Waals surface area contributed by atoms with Gasteiger partial charge in [0.2, 0.25) is 0 Å². The Morgan fingerprint density at radius 3 is 1.12 bits per heavy atom. The Balaban J connectivity index is 0.000000185. The molecule has 8 heteroatoms. The number of hydrogen-bond donors (Lipinski definition) is 4. The second kappa shape index (κ2) is 13.6. The molecule has 0 spiro atoms. The number of nitrogens with zero attached hydrogens (tertiary/aromatic N) is 2. The SMILES string of the molecule is Nc1ccc(C(=O)O)cc1.Nc1ccc(C(=O)O)cc1.c1cc(CCc2ccncc2)ccn1. The first-order valence-electron chi connectivity index (χ1n) is 10.3. The van der Waals surface area contributed by atoms with Crippen LogP contribution in [0.15, 0.2) is 97.6 Å². The van der Waals surface area contributed by atoms with Crippen molar-refractivity contribution in [1.29, 1.82) is 0 Å². The van der Waals surface area contributed by atoms with Gasteiger partial charge in [-0.3, -0.25) is 9.97 Å². The van der Waals surface area contributed by atoms with E-state index >= 15 is 0 Å². The second-order valence-electron chi connectivity index (χ2n) is 7.07. The van der Waals surface area contributed by atoms with E-state index in [1.165, 1.54) is 35.4 Å². The molecule has 2 aromatic carbocycles. The highest BCUT2D eigenvalue weighted by atomic mass is 16.4. The van der Waals surface area contributed by atoms with Crippen LogP contribution in [0.2, 0.25) is 0 Å². The van der Waals surface area contributed by atoms with E-state index in [4.69, 9.17) is 21.7 Å². The first-order chi connectivity index (χ1) is 16.3. The number of aryl methyl sites for hydroxylation is 2. The zero-order chi connectivity index (χ0) is 24.8. The lowest BCUT2D eigenvalue weighted by atomic mass is 10.1. The number of carboxylic acids is 2. The Labute approximate surface area is 197 Å². The Morgan fingerprint density at radius 1 is 0.559 bits per heavy atom. The van der Waals surface area contributed by atoms with Gasteiger partial charge in [0.25, 0.3) is 0 Å². The van der Waals surface area contributed by atoms with E-state index in [1.54, 1.807) is 24.3 Å². The van der Waals surface area contributed by atoms with Crippen molar-refractivity contribution < 1.29 is 19.8 Å². The maximum atomic E-state index is 10.3. The second-order valence-corrected chi connectivity index (χ2v) is 7.07. The van der Waals surface area contributed by atoms with Crippen LogP contribution in [0, 0.1) is 0 Å². The van der Waals surface area contributed by atoms with Crippen molar-refractivity contribution in [2.24, 2.45) is 0 Å². The van der Waals surface area contributed by atoms with Crippen molar-refractivity contribution in [3.8, 4) is 0 Å². The molecule has 0 aliphatic heterocycles. The number of carboxylic acid groups (broad SMARTS) is 2. The van der Waals surface area contributed by atoms with Gasteiger partial charge in [-0.2, -0.15) is 0 Å². The molecule has 2 aromatic heterocycles. The van der Waals surface area contributed by atoms with Crippen molar-refractivity contribution in [2.75, 3.05) is 11.5 Å². The summed E-state index contributed by atoms with van der Waals surface area (Å²) in [5.74, 6) is -1.86. The van der Waals surface area contributed by atoms with Crippen LogP contribution >= 0.6 is 0 Å². The fourth-order valence-electron chi connectivity index (χ4n) is 2.64. The maximum absolute atomic E-state index is 10.3. The zero-order valence-electron chi connectivity index (χ0n) is 18.4. The average molecular weight is 459 g/mol. The average Bonchev–Trinajstić information content (AvgIpc) is 2.85. The molecular weight excluding hydrogens is 432 g/mol. The van der Waals surface area contributed by atoms with Gasteiger partial charge in [0.15, 0.2) is 0 Å². The van der Waals surface area contributed by atoms with E-state index in [9.17, 15) is 9.59 Å². The van der Waals surface area contributed by atoms with Gasteiger partial charge in [-0.1, -0.05) is 0 Å². The zero-order valence-corrected chi connectivity index (χ0v) is 18.4. The number of pyridine rings is 2. The molecule has 0 saturated carbocycles. The van der Waals surface area contributed by atoms with E-state index in [-0.39, 0.29) is 11.1 Å². The molecule has 0 amide bonds. The molecule has 34 heavy (non-hydrogen) atoms. The van der Waals surface area contributed by atoms with E-state index in [1.807, 2.05) is 24.8 Å². The molecule has 2 heterocycles. The number of carbonyl (C=O) groups is 2. The summed E-state index contributed by atoms with van der Waals surface area (Å²) in [6.07, 6.45) is 9.46. The van der Waals surface area contributed by atoms with Crippen LogP contribution < -0.4 is 11.5 Å². The lowest BCUT2D eigenvalue weighted by molar-refractivity contribution is 0.0686. The third-order valence-corrected chi connectivity index (χ3v) is 4.52. The highest BCUT2D eigenvalue weighted by Gasteiger charge is 1.99. The summed E-state index contributed by atoms with van der Waals surface area (Å²) in [5.41, 5.74) is 15.0. The van der Waals surface area contributed by atoms with Gasteiger partial charge in [0, 0.05) is 36.2 Å². The minimum atomic E-state index is -0.931. The standard InChI is InChI=1S/C12H12N2.2C7H7NO2/c1(11-3-7-13-8-4-11)2-12-5-9-14-10-6-12;2*8-6-3-1-5(2-4-6)7(9)10/h3-10H,1-2H2;2*1-4H,8H2,(H,9,10). The lowest BCUT2D eigenvalue weighted by Gasteiger charge is -2.00. The number of anilines is 2. The van der Waals surface area contributed by atoms with Gasteiger partial charge >= 0.3 is 11.9 Å². The summed E-state index contributed by atoms with van der Waals surface area (Å²) >= 11 is 0. The highest BCUT2D eigenvalue weighted by molar-refractivity contribution is 5.88. The molecule has 0 radical (unpaired) electrons. The molecule has 0 aliphatic carbocycles. The third-order valence-electron chi connectivity index (χ3n) is 4.52. The number of rotatable bonds is 5. The van der Waals surface area contributed by atoms with Crippen LogP contribution in [0.25, 0.3) is 0 Å². The Hall–Kier alpha value is -4.72. The van der Waals surface area contributed by atoms with Gasteiger partial charge in [0.05, 0.1) is 11.1 Å². The normalized spacial score (nSPS) is 9.53. The molecule has 0 atom stereocenters. The molecule has 0 bridgehead atoms. The monoisotopic (exact) mass is 458 g/mol. The summed E-state index contributed by atoms with van der Waals surface area (Å²) in [5, 5.41) is 16.9. The summed E-state index contributed by atoms with van der Waals surface area (Å²) in [7, 11) is 0. The lowest BCUT2D eigenvalue weighted by Crippen LogP contribution is -1.95. The van der Waals surface area contributed by atoms with Gasteiger partial charge in [-0.05, 0) is 96.8 Å². The van der Waals surface area contributed by atoms with E-state index in [0.29, 0.717) is 11.4 Å². The van der Waals surface area contributed by atoms with Crippen LogP contribution in [-0.2, 0) is 12.8 Å². The van der Waals surface area contributed by atoms with E-state index < -0.39 is 11.9 Å². The molecule has 8 nitrogen and oxygen atoms in total. The van der Waals surface area contributed by atoms with Gasteiger partial charge < -0.3 is 21.7 Å². The summed E-state index contributed by atoms with van der Waals surface area (Å²) in [6, 6.07) is 20.3. The number of nitrogen functional groups attached to an aromatic ring is 2. The Morgan fingerprint density at radius 2 is 0.853 bits per heavy atom. The number of hydrogen-bond acceptors (Lipinski definition) is 6. The maximum Gasteiger partial charge on any atom is 0.335 e. The number of benzene rings is 2. The van der Waals surface area contributed by atoms with Crippen LogP contribution in [0.3, 0.4) is 0 Å². The molecule has 6 N–H and O–H groups in total. The molecule has 0 saturated heterocycles. The molecule has 4 rings (SSSR count). The van der Waals surface area contributed by atoms with Gasteiger partial charge in [-0.15, -0.1) is 0 Å². The van der Waals surface area contributed by atoms with Crippen LogP contribution in [0.4, 0.5) is 11.4 Å². The summed E-state index contributed by atoms with van der Waals surface area (Å²) in [4.78, 5) is 28.5. The molecule has 0 unspecified atom stereocenters. The predicted molar refractivity (Wildman–Crippen MR) is 132 cm³/mol. The molecule has 0 fully saturated rings. The topological polar surface area (TPSA) is 152 Å². The minimum Gasteiger partial charge on any atom is -0.478 e. The van der Waals surface area contributed by atoms with Gasteiger partial charge in [0.1, 0.15) is 0 Å². The van der Waals surface area contributed by atoms with Crippen LogP contribution in [-0.4, -0.2) is 32.1 Å². The van der Waals surface area contributed by atoms with Crippen molar-refractivity contribution in [2.45, 2.75) is 12.8 Å². The summed E-state index contributed by atoms with van der Waals surface area (Å²) in [6.45, 7) is 0. The quantitative estimate of drug-likeness (QED) is 0.325. The Bertz CT molecular complexity index is 1060. The number of nitrogens with two attached hydrogens (primary N) is 2. The molecule has 4 aromatic rings. The van der Waals surface area contributed by atoms with E-state index in [0.717, 1.165) is 12.8 Å². The van der Waals surface area contributed by atoms with E-state index in [2.05, 4.69) is 34.2 Å². The van der Waals surface area contributed by atoms with Crippen LogP contribution in [0.1, 0.15) is 31.8 Å². The highest BCUT2D eigenvalue weighted by Crippen LogP contribution is 2.06. The predicted octanol–water partition coefficient (Wildman–Crippen LogP) is 4.20. The van der Waals surface area contributed by atoms with Crippen molar-refractivity contribution >= 4 is 23.3 Å². The number of aromatic carboxylic acids is 2. The molecular formula is C26H26N4O4. The van der Waals surface area contributed by atoms with Crippen molar-refractivity contribution in [3.63, 3.8) is 0 Å². The molecule has 0 aliphatic rings. The third kappa shape index (κ3) is 9.61. The fourth-order valence-corrected chi connectivity index (χ4v) is 2.64. The molecule has 174 valence electrons. The van der Waals surface area contributed by atoms with Crippen molar-refractivity contribution in [3.05, 3.63) is 120 Å². The van der Waals surface area contributed by atoms with Crippen LogP contribution in [0.5, 0.6) is 0 Å². The van der Waals surface area contributed by atoms with Gasteiger partial charge in [-0.25, -0.2) is 9.59 Å². The van der Waals surface area contributed by atoms with Crippen molar-refractivity contribution in [1.82, 2.24) is 9.97 Å². The first kappa shape index (κ1) is 25.5. The smallest absolute Gasteiger partial charge is 0.335 e. The summed E-state index contributed by atoms with van der Waals surface area (Å²) < 4.78 is 0. The number of aromatic nitrogens is 2. The minimum absolute atomic E-state index is 0.259. The first-order valence-corrected chi connectivity index (χ1v) is 10.3. The fraction of sp³-hybridized carbons (Fsp3) is 0.0769. The largest absolute Gasteiger partial charge is 0.478 e.